The van der Waals surface area contributed by atoms with E-state index in [1.54, 1.807) is 0 Å². The van der Waals surface area contributed by atoms with E-state index in [-0.39, 0.29) is 42.7 Å². The van der Waals surface area contributed by atoms with E-state index in [1.807, 2.05) is 34.6 Å². The lowest BCUT2D eigenvalue weighted by Gasteiger charge is -2.26. The minimum absolute atomic E-state index is 0.0150. The number of hydrogen-bond donors (Lipinski definition) is 1. The van der Waals surface area contributed by atoms with Crippen molar-refractivity contribution in [3.05, 3.63) is 0 Å². The van der Waals surface area contributed by atoms with E-state index >= 15 is 0 Å². The Balaban J connectivity index is 2.30. The first-order valence-electron chi connectivity index (χ1n) is 10.2. The van der Waals surface area contributed by atoms with Gasteiger partial charge in [0, 0.05) is 13.2 Å². The molecule has 1 fully saturated rings. The zero-order valence-electron chi connectivity index (χ0n) is 17.9. The van der Waals surface area contributed by atoms with Gasteiger partial charge in [-0.25, -0.2) is 4.79 Å². The largest absolute Gasteiger partial charge is 0.453 e. The molecule has 1 aliphatic heterocycles. The molecule has 0 aromatic rings. The number of carbonyl (C=O) groups excluding carboxylic acids is 1. The van der Waals surface area contributed by atoms with Crippen LogP contribution >= 0.6 is 0 Å². The molecule has 1 N–H and O–H groups in total. The molecule has 0 aromatic heterocycles. The third-order valence-corrected chi connectivity index (χ3v) is 4.40. The molecule has 0 bridgehead atoms. The highest BCUT2D eigenvalue weighted by Gasteiger charge is 2.44. The summed E-state index contributed by atoms with van der Waals surface area (Å²) in [5, 5.41) is 2.69. The van der Waals surface area contributed by atoms with Crippen molar-refractivity contribution in [1.82, 2.24) is 5.32 Å². The zero-order chi connectivity index (χ0) is 20.2. The van der Waals surface area contributed by atoms with Gasteiger partial charge in [0.2, 0.25) is 0 Å². The number of methoxy groups -OCH3 is 1. The van der Waals surface area contributed by atoms with Gasteiger partial charge in [0.25, 0.3) is 0 Å². The van der Waals surface area contributed by atoms with Gasteiger partial charge >= 0.3 is 6.09 Å². The summed E-state index contributed by atoms with van der Waals surface area (Å²) in [7, 11) is 1.37. The monoisotopic (exact) mass is 389 g/mol. The first-order valence-corrected chi connectivity index (χ1v) is 10.2. The molecule has 1 unspecified atom stereocenters. The van der Waals surface area contributed by atoms with Crippen LogP contribution in [0.25, 0.3) is 0 Å². The fourth-order valence-electron chi connectivity index (χ4n) is 3.10. The van der Waals surface area contributed by atoms with Crippen molar-refractivity contribution in [3.8, 4) is 0 Å². The molecule has 7 heteroatoms. The maximum absolute atomic E-state index is 11.0. The number of ether oxygens (including phenoxy) is 5. The van der Waals surface area contributed by atoms with Crippen LogP contribution in [0.15, 0.2) is 0 Å². The van der Waals surface area contributed by atoms with Crippen LogP contribution in [0, 0.1) is 0 Å². The van der Waals surface area contributed by atoms with E-state index in [4.69, 9.17) is 18.9 Å². The first kappa shape index (κ1) is 24.1. The average molecular weight is 390 g/mol. The van der Waals surface area contributed by atoms with Gasteiger partial charge in [-0.15, -0.1) is 0 Å². The number of amides is 1. The lowest BCUT2D eigenvalue weighted by molar-refractivity contribution is -0.103. The Kier molecular flexibility index (Phi) is 11.9. The molecule has 0 spiro atoms. The summed E-state index contributed by atoms with van der Waals surface area (Å²) in [4.78, 5) is 11.0. The van der Waals surface area contributed by atoms with Gasteiger partial charge in [0.05, 0.1) is 32.0 Å². The molecule has 0 saturated carbocycles. The van der Waals surface area contributed by atoms with Gasteiger partial charge in [-0.05, 0) is 47.5 Å². The Morgan fingerprint density at radius 3 is 2.37 bits per heavy atom. The van der Waals surface area contributed by atoms with Gasteiger partial charge < -0.3 is 29.0 Å². The SMILES string of the molecule is COC(=O)NCCCCCCO[C@H]1[C@H](C)OC(COC(C)C)[C@H]1OC(C)C. The van der Waals surface area contributed by atoms with Crippen LogP contribution in [0.2, 0.25) is 0 Å². The van der Waals surface area contributed by atoms with E-state index < -0.39 is 0 Å². The third-order valence-electron chi connectivity index (χ3n) is 4.40. The minimum atomic E-state index is -0.374. The Bertz CT molecular complexity index is 404. The highest BCUT2D eigenvalue weighted by atomic mass is 16.6. The number of hydrogen-bond acceptors (Lipinski definition) is 6. The molecule has 160 valence electrons. The summed E-state index contributed by atoms with van der Waals surface area (Å²) in [6, 6.07) is 0. The quantitative estimate of drug-likeness (QED) is 0.487. The fourth-order valence-corrected chi connectivity index (χ4v) is 3.10. The van der Waals surface area contributed by atoms with Crippen molar-refractivity contribution in [2.45, 2.75) is 96.9 Å². The molecular formula is C20H39NO6. The number of unbranched alkanes of at least 4 members (excludes halogenated alkanes) is 3. The molecule has 1 aliphatic rings. The molecule has 1 amide bonds. The molecule has 4 atom stereocenters. The molecule has 0 radical (unpaired) electrons. The average Bonchev–Trinajstić information content (AvgIpc) is 2.89. The highest BCUT2D eigenvalue weighted by molar-refractivity contribution is 5.66. The number of nitrogens with one attached hydrogen (secondary N) is 1. The Labute approximate surface area is 164 Å². The lowest BCUT2D eigenvalue weighted by Crippen LogP contribution is -2.40. The van der Waals surface area contributed by atoms with Crippen LogP contribution in [0.1, 0.15) is 60.3 Å². The van der Waals surface area contributed by atoms with E-state index in [0.29, 0.717) is 19.8 Å². The fraction of sp³-hybridized carbons (Fsp3) is 0.950. The van der Waals surface area contributed by atoms with E-state index in [1.165, 1.54) is 7.11 Å². The summed E-state index contributed by atoms with van der Waals surface area (Å²) in [5.74, 6) is 0. The van der Waals surface area contributed by atoms with Crippen LogP contribution in [0.5, 0.6) is 0 Å². The van der Waals surface area contributed by atoms with Crippen molar-refractivity contribution in [2.75, 3.05) is 26.9 Å². The number of rotatable bonds is 13. The topological polar surface area (TPSA) is 75.3 Å². The van der Waals surface area contributed by atoms with Gasteiger partial charge in [-0.3, -0.25) is 0 Å². The Hall–Kier alpha value is -0.890. The van der Waals surface area contributed by atoms with Gasteiger partial charge in [-0.2, -0.15) is 0 Å². The van der Waals surface area contributed by atoms with Crippen LogP contribution in [0.3, 0.4) is 0 Å². The molecule has 7 nitrogen and oxygen atoms in total. The van der Waals surface area contributed by atoms with Crippen molar-refractivity contribution >= 4 is 6.09 Å². The van der Waals surface area contributed by atoms with Crippen molar-refractivity contribution < 1.29 is 28.5 Å². The van der Waals surface area contributed by atoms with Gasteiger partial charge in [0.15, 0.2) is 0 Å². The Morgan fingerprint density at radius 2 is 1.74 bits per heavy atom. The summed E-state index contributed by atoms with van der Waals surface area (Å²) in [6.07, 6.45) is 3.61. The minimum Gasteiger partial charge on any atom is -0.453 e. The molecule has 27 heavy (non-hydrogen) atoms. The predicted molar refractivity (Wildman–Crippen MR) is 104 cm³/mol. The van der Waals surface area contributed by atoms with Crippen molar-refractivity contribution in [3.63, 3.8) is 0 Å². The smallest absolute Gasteiger partial charge is 0.406 e. The standard InChI is InChI=1S/C20H39NO6/c1-14(2)25-13-17-19(26-15(3)4)18(16(5)27-17)24-12-10-8-7-9-11-21-20(22)23-6/h14-19H,7-13H2,1-6H3,(H,21,22)/t16-,17?,18-,19+/m0/s1. The second-order valence-electron chi connectivity index (χ2n) is 7.58. The maximum atomic E-state index is 11.0. The normalized spacial score (nSPS) is 25.3. The second-order valence-corrected chi connectivity index (χ2v) is 7.58. The van der Waals surface area contributed by atoms with Gasteiger partial charge in [0.1, 0.15) is 18.3 Å². The Morgan fingerprint density at radius 1 is 1.04 bits per heavy atom. The molecule has 1 rings (SSSR count). The second kappa shape index (κ2) is 13.3. The van der Waals surface area contributed by atoms with E-state index in [0.717, 1.165) is 25.7 Å². The van der Waals surface area contributed by atoms with Gasteiger partial charge in [-0.1, -0.05) is 12.8 Å². The highest BCUT2D eigenvalue weighted by Crippen LogP contribution is 2.28. The van der Waals surface area contributed by atoms with Crippen molar-refractivity contribution in [1.29, 1.82) is 0 Å². The maximum Gasteiger partial charge on any atom is 0.406 e. The van der Waals surface area contributed by atoms with Crippen LogP contribution in [-0.2, 0) is 23.7 Å². The summed E-state index contributed by atoms with van der Waals surface area (Å²) in [6.45, 7) is 12.0. The lowest BCUT2D eigenvalue weighted by atomic mass is 10.1. The molecule has 0 aliphatic carbocycles. The molecule has 0 aromatic carbocycles. The predicted octanol–water partition coefficient (Wildman–Crippen LogP) is 3.29. The molecule has 1 heterocycles. The summed E-state index contributed by atoms with van der Waals surface area (Å²) < 4.78 is 28.6. The first-order chi connectivity index (χ1) is 12.8. The number of carbonyl (C=O) groups is 1. The number of alkyl carbamates (subject to hydrolysis) is 1. The van der Waals surface area contributed by atoms with E-state index in [9.17, 15) is 4.79 Å². The summed E-state index contributed by atoms with van der Waals surface area (Å²) >= 11 is 0. The van der Waals surface area contributed by atoms with Crippen LogP contribution in [-0.4, -0.2) is 69.6 Å². The van der Waals surface area contributed by atoms with Crippen LogP contribution in [0.4, 0.5) is 4.79 Å². The van der Waals surface area contributed by atoms with Crippen molar-refractivity contribution in [2.24, 2.45) is 0 Å². The molecule has 1 saturated heterocycles. The zero-order valence-corrected chi connectivity index (χ0v) is 17.9. The van der Waals surface area contributed by atoms with Crippen LogP contribution < -0.4 is 5.32 Å². The molecular weight excluding hydrogens is 350 g/mol. The van der Waals surface area contributed by atoms with E-state index in [2.05, 4.69) is 10.1 Å². The summed E-state index contributed by atoms with van der Waals surface area (Å²) in [5.41, 5.74) is 0. The third kappa shape index (κ3) is 9.74.